The summed E-state index contributed by atoms with van der Waals surface area (Å²) >= 11 is 0. The summed E-state index contributed by atoms with van der Waals surface area (Å²) in [6, 6.07) is 15.1. The predicted molar refractivity (Wildman–Crippen MR) is 138 cm³/mol. The summed E-state index contributed by atoms with van der Waals surface area (Å²) in [7, 11) is 0. The Balaban J connectivity index is 1.37. The highest BCUT2D eigenvalue weighted by Gasteiger charge is 2.19. The lowest BCUT2D eigenvalue weighted by Gasteiger charge is -2.22. The maximum Gasteiger partial charge on any atom is 0.166 e. The van der Waals surface area contributed by atoms with E-state index in [9.17, 15) is 18.3 Å². The van der Waals surface area contributed by atoms with Crippen LogP contribution < -0.4 is 4.74 Å². The van der Waals surface area contributed by atoms with Gasteiger partial charge < -0.3 is 9.84 Å². The van der Waals surface area contributed by atoms with E-state index in [1.165, 1.54) is 6.07 Å². The molecule has 0 aromatic heterocycles. The summed E-state index contributed by atoms with van der Waals surface area (Å²) in [5.74, 6) is -1.45. The smallest absolute Gasteiger partial charge is 0.166 e. The van der Waals surface area contributed by atoms with E-state index in [1.54, 1.807) is 55.5 Å². The third-order valence-electron chi connectivity index (χ3n) is 6.87. The Hall–Kier alpha value is -3.31. The van der Waals surface area contributed by atoms with Crippen LogP contribution in [0.4, 0.5) is 13.2 Å². The van der Waals surface area contributed by atoms with Crippen LogP contribution in [-0.2, 0) is 6.42 Å². The Kier molecular flexibility index (Phi) is 8.32. The van der Waals surface area contributed by atoms with Crippen molar-refractivity contribution in [1.29, 1.82) is 0 Å². The summed E-state index contributed by atoms with van der Waals surface area (Å²) in [5, 5.41) is 9.65. The fraction of sp³-hybridized carbons (Fsp3) is 0.290. The average Bonchev–Trinajstić information content (AvgIpc) is 2.89. The number of rotatable bonds is 9. The highest BCUT2D eigenvalue weighted by molar-refractivity contribution is 5.67. The average molecular weight is 493 g/mol. The Morgan fingerprint density at radius 3 is 2.42 bits per heavy atom. The van der Waals surface area contributed by atoms with E-state index in [1.807, 2.05) is 6.07 Å². The summed E-state index contributed by atoms with van der Waals surface area (Å²) in [6.07, 6.45) is 6.86. The van der Waals surface area contributed by atoms with Crippen molar-refractivity contribution >= 4 is 5.57 Å². The van der Waals surface area contributed by atoms with Gasteiger partial charge >= 0.3 is 0 Å². The fourth-order valence-electron chi connectivity index (χ4n) is 4.69. The molecule has 36 heavy (non-hydrogen) atoms. The van der Waals surface area contributed by atoms with E-state index in [0.29, 0.717) is 23.5 Å². The molecule has 2 nitrogen and oxygen atoms in total. The second-order valence-corrected chi connectivity index (χ2v) is 9.35. The lowest BCUT2D eigenvalue weighted by Crippen LogP contribution is -2.08. The Labute approximate surface area is 210 Å². The zero-order valence-electron chi connectivity index (χ0n) is 20.4. The molecule has 0 bridgehead atoms. The molecule has 3 aromatic rings. The van der Waals surface area contributed by atoms with Gasteiger partial charge in [0.2, 0.25) is 0 Å². The van der Waals surface area contributed by atoms with Crippen LogP contribution in [0.5, 0.6) is 5.75 Å². The number of ether oxygens (including phenoxy) is 1. The molecule has 1 aliphatic carbocycles. The molecule has 0 heterocycles. The van der Waals surface area contributed by atoms with Crippen molar-refractivity contribution in [2.24, 2.45) is 5.92 Å². The molecule has 2 atom stereocenters. The number of hydrogen-bond acceptors (Lipinski definition) is 2. The second kappa shape index (κ2) is 11.6. The van der Waals surface area contributed by atoms with Gasteiger partial charge in [-0.1, -0.05) is 61.2 Å². The molecule has 0 saturated carbocycles. The van der Waals surface area contributed by atoms with Crippen molar-refractivity contribution in [2.75, 3.05) is 6.61 Å². The van der Waals surface area contributed by atoms with Gasteiger partial charge in [-0.05, 0) is 84.9 Å². The normalized spacial score (nSPS) is 16.4. The highest BCUT2D eigenvalue weighted by Crippen LogP contribution is 2.35. The fourth-order valence-corrected chi connectivity index (χ4v) is 4.69. The van der Waals surface area contributed by atoms with Gasteiger partial charge in [0.05, 0.1) is 6.10 Å². The van der Waals surface area contributed by atoms with Crippen molar-refractivity contribution in [1.82, 2.24) is 0 Å². The third kappa shape index (κ3) is 5.90. The van der Waals surface area contributed by atoms with Gasteiger partial charge in [-0.3, -0.25) is 0 Å². The van der Waals surface area contributed by atoms with Crippen molar-refractivity contribution in [2.45, 2.75) is 45.1 Å². The zero-order chi connectivity index (χ0) is 25.7. The van der Waals surface area contributed by atoms with Crippen molar-refractivity contribution in [3.05, 3.63) is 107 Å². The molecule has 188 valence electrons. The molecule has 1 aliphatic rings. The van der Waals surface area contributed by atoms with Gasteiger partial charge in [0.15, 0.2) is 23.2 Å². The van der Waals surface area contributed by atoms with E-state index in [-0.39, 0.29) is 17.9 Å². The number of aryl methyl sites for hydroxylation is 1. The van der Waals surface area contributed by atoms with Crippen LogP contribution in [0, 0.1) is 23.4 Å². The number of aliphatic hydroxyl groups excluding tert-OH is 1. The summed E-state index contributed by atoms with van der Waals surface area (Å²) in [5.41, 5.74) is 3.84. The zero-order valence-corrected chi connectivity index (χ0v) is 20.4. The lowest BCUT2D eigenvalue weighted by molar-refractivity contribution is 0.199. The van der Waals surface area contributed by atoms with Crippen LogP contribution >= 0.6 is 0 Å². The molecule has 0 radical (unpaired) electrons. The number of benzene rings is 3. The first-order chi connectivity index (χ1) is 17.4. The topological polar surface area (TPSA) is 29.5 Å². The van der Waals surface area contributed by atoms with E-state index in [2.05, 4.69) is 12.7 Å². The molecular weight excluding hydrogens is 461 g/mol. The molecule has 4 rings (SSSR count). The minimum absolute atomic E-state index is 0.213. The van der Waals surface area contributed by atoms with Crippen LogP contribution in [0.2, 0.25) is 0 Å². The monoisotopic (exact) mass is 492 g/mol. The summed E-state index contributed by atoms with van der Waals surface area (Å²) in [6.45, 7) is 5.48. The van der Waals surface area contributed by atoms with Gasteiger partial charge in [0.25, 0.3) is 0 Å². The van der Waals surface area contributed by atoms with Crippen molar-refractivity contribution < 1.29 is 23.0 Å². The SMILES string of the molecule is C=CCOc1ccc(C2=CCC(CCc3ccc(-c4ccc(C(C)O)cc4)c(F)c3F)CC2)cc1F. The van der Waals surface area contributed by atoms with E-state index in [4.69, 9.17) is 4.74 Å². The maximum absolute atomic E-state index is 14.9. The Bertz CT molecular complexity index is 1250. The lowest BCUT2D eigenvalue weighted by atomic mass is 9.83. The number of hydrogen-bond donors (Lipinski definition) is 1. The number of aliphatic hydroxyl groups is 1. The maximum atomic E-state index is 14.9. The van der Waals surface area contributed by atoms with Crippen LogP contribution in [0.3, 0.4) is 0 Å². The van der Waals surface area contributed by atoms with Gasteiger partial charge in [0, 0.05) is 5.56 Å². The standard InChI is InChI=1S/C31H31F3O2/c1-3-18-36-29-17-15-26(19-28(29)32)23-7-4-21(5-8-23)6-9-25-14-16-27(31(34)30(25)33)24-12-10-22(11-13-24)20(2)35/h3,7,10-17,19-21,35H,1,4-6,8-9,18H2,2H3. The molecule has 5 heteroatoms. The minimum Gasteiger partial charge on any atom is -0.486 e. The molecule has 0 aliphatic heterocycles. The summed E-state index contributed by atoms with van der Waals surface area (Å²) < 4.78 is 49.3. The van der Waals surface area contributed by atoms with Gasteiger partial charge in [-0.15, -0.1) is 0 Å². The Morgan fingerprint density at radius 1 is 1.03 bits per heavy atom. The highest BCUT2D eigenvalue weighted by atomic mass is 19.2. The molecular formula is C31H31F3O2. The van der Waals surface area contributed by atoms with Gasteiger partial charge in [-0.2, -0.15) is 0 Å². The van der Waals surface area contributed by atoms with E-state index < -0.39 is 23.6 Å². The van der Waals surface area contributed by atoms with E-state index >= 15 is 0 Å². The van der Waals surface area contributed by atoms with Crippen molar-refractivity contribution in [3.63, 3.8) is 0 Å². The first-order valence-electron chi connectivity index (χ1n) is 12.3. The molecule has 0 saturated heterocycles. The number of allylic oxidation sites excluding steroid dienone is 2. The number of halogens is 3. The van der Waals surface area contributed by atoms with Gasteiger partial charge in [0.1, 0.15) is 6.61 Å². The molecule has 0 fully saturated rings. The third-order valence-corrected chi connectivity index (χ3v) is 6.87. The van der Waals surface area contributed by atoms with Crippen LogP contribution in [0.1, 0.15) is 55.4 Å². The van der Waals surface area contributed by atoms with Crippen LogP contribution in [0.15, 0.2) is 73.3 Å². The molecule has 3 aromatic carbocycles. The molecule has 2 unspecified atom stereocenters. The van der Waals surface area contributed by atoms with Gasteiger partial charge in [-0.25, -0.2) is 13.2 Å². The largest absolute Gasteiger partial charge is 0.486 e. The Morgan fingerprint density at radius 2 is 1.78 bits per heavy atom. The minimum atomic E-state index is -0.842. The van der Waals surface area contributed by atoms with Crippen LogP contribution in [-0.4, -0.2) is 11.7 Å². The second-order valence-electron chi connectivity index (χ2n) is 9.35. The quantitative estimate of drug-likeness (QED) is 0.305. The summed E-state index contributed by atoms with van der Waals surface area (Å²) in [4.78, 5) is 0. The first-order valence-corrected chi connectivity index (χ1v) is 12.3. The van der Waals surface area contributed by atoms with Crippen molar-refractivity contribution in [3.8, 4) is 16.9 Å². The predicted octanol–water partition coefficient (Wildman–Crippen LogP) is 8.21. The molecule has 0 spiro atoms. The molecule has 0 amide bonds. The molecule has 1 N–H and O–H groups in total. The first kappa shape index (κ1) is 25.8. The van der Waals surface area contributed by atoms with E-state index in [0.717, 1.165) is 42.4 Å². The van der Waals surface area contributed by atoms with Crippen LogP contribution in [0.25, 0.3) is 16.7 Å².